The Morgan fingerprint density at radius 1 is 1.15 bits per heavy atom. The number of amidine groups is 1. The van der Waals surface area contributed by atoms with E-state index in [2.05, 4.69) is 4.99 Å². The number of rotatable bonds is 5. The third kappa shape index (κ3) is 3.11. The minimum absolute atomic E-state index is 0.0353. The van der Waals surface area contributed by atoms with Gasteiger partial charge in [0, 0.05) is 0 Å². The zero-order valence-electron chi connectivity index (χ0n) is 13.9. The maximum atomic E-state index is 11.5. The Hall–Kier alpha value is -3.35. The number of hydrogen-bond donors (Lipinski definition) is 0. The highest BCUT2D eigenvalue weighted by molar-refractivity contribution is 5.78. The van der Waals surface area contributed by atoms with Crippen molar-refractivity contribution in [1.82, 2.24) is 4.90 Å². The van der Waals surface area contributed by atoms with E-state index < -0.39 is 6.04 Å². The molecule has 132 valence electrons. The van der Waals surface area contributed by atoms with E-state index in [1.165, 1.54) is 6.20 Å². The maximum absolute atomic E-state index is 11.5. The highest BCUT2D eigenvalue weighted by atomic mass is 16.6. The van der Waals surface area contributed by atoms with Gasteiger partial charge in [-0.15, -0.1) is 0 Å². The molecule has 0 aromatic heterocycles. The number of hydrogen-bond acceptors (Lipinski definition) is 6. The molecule has 26 heavy (non-hydrogen) atoms. The summed E-state index contributed by atoms with van der Waals surface area (Å²) in [5.41, 5.74) is 0.865. The van der Waals surface area contributed by atoms with Crippen molar-refractivity contribution < 1.29 is 14.4 Å². The van der Waals surface area contributed by atoms with Gasteiger partial charge in [-0.1, -0.05) is 48.5 Å². The summed E-state index contributed by atoms with van der Waals surface area (Å²) in [6, 6.07) is 18.7. The predicted octanol–water partition coefficient (Wildman–Crippen LogP) is 3.00. The SMILES string of the molecule is O=[N+]([O-])C1=CN=C2O[C@H](COc3ccccc3)CN2[C@@H]1c1ccccc1. The van der Waals surface area contributed by atoms with Gasteiger partial charge in [-0.2, -0.15) is 4.99 Å². The van der Waals surface area contributed by atoms with Crippen LogP contribution in [0.4, 0.5) is 0 Å². The molecule has 4 rings (SSSR count). The van der Waals surface area contributed by atoms with E-state index in [0.29, 0.717) is 19.2 Å². The molecule has 0 saturated carbocycles. The molecule has 2 aliphatic rings. The first kappa shape index (κ1) is 16.1. The molecule has 2 atom stereocenters. The normalized spacial score (nSPS) is 21.3. The number of nitrogens with zero attached hydrogens (tertiary/aromatic N) is 3. The number of nitro groups is 1. The number of ether oxygens (including phenoxy) is 2. The van der Waals surface area contributed by atoms with Crippen molar-refractivity contribution in [2.75, 3.05) is 13.2 Å². The van der Waals surface area contributed by atoms with E-state index in [0.717, 1.165) is 11.3 Å². The molecule has 0 aliphatic carbocycles. The van der Waals surface area contributed by atoms with Crippen LogP contribution < -0.4 is 4.74 Å². The third-order valence-electron chi connectivity index (χ3n) is 4.32. The third-order valence-corrected chi connectivity index (χ3v) is 4.32. The van der Waals surface area contributed by atoms with E-state index in [1.54, 1.807) is 0 Å². The summed E-state index contributed by atoms with van der Waals surface area (Å²) in [5, 5.41) is 11.5. The van der Waals surface area contributed by atoms with Crippen molar-refractivity contribution in [1.29, 1.82) is 0 Å². The molecule has 0 amide bonds. The average Bonchev–Trinajstić information content (AvgIpc) is 3.10. The minimum Gasteiger partial charge on any atom is -0.490 e. The highest BCUT2D eigenvalue weighted by Crippen LogP contribution is 2.35. The van der Waals surface area contributed by atoms with E-state index in [-0.39, 0.29) is 16.7 Å². The lowest BCUT2D eigenvalue weighted by atomic mass is 10.0. The van der Waals surface area contributed by atoms with Gasteiger partial charge in [0.25, 0.3) is 11.7 Å². The fourth-order valence-electron chi connectivity index (χ4n) is 3.15. The molecule has 0 spiro atoms. The lowest BCUT2D eigenvalue weighted by Crippen LogP contribution is -2.36. The smallest absolute Gasteiger partial charge is 0.293 e. The molecular formula is C19H17N3O4. The molecule has 2 aromatic carbocycles. The van der Waals surface area contributed by atoms with Gasteiger partial charge in [0.15, 0.2) is 12.1 Å². The Labute approximate surface area is 150 Å². The highest BCUT2D eigenvalue weighted by Gasteiger charge is 2.43. The number of fused-ring (bicyclic) bond motifs is 1. The molecule has 0 bridgehead atoms. The van der Waals surface area contributed by atoms with Gasteiger partial charge in [-0.3, -0.25) is 10.1 Å². The molecule has 2 aliphatic heterocycles. The molecule has 0 radical (unpaired) electrons. The first-order chi connectivity index (χ1) is 12.7. The second-order valence-electron chi connectivity index (χ2n) is 6.05. The Bertz CT molecular complexity index is 852. The van der Waals surface area contributed by atoms with Crippen molar-refractivity contribution in [2.45, 2.75) is 12.1 Å². The van der Waals surface area contributed by atoms with Crippen molar-refractivity contribution in [2.24, 2.45) is 4.99 Å². The quantitative estimate of drug-likeness (QED) is 0.611. The Morgan fingerprint density at radius 3 is 2.54 bits per heavy atom. The van der Waals surface area contributed by atoms with Crippen molar-refractivity contribution in [3.8, 4) is 5.75 Å². The summed E-state index contributed by atoms with van der Waals surface area (Å²) in [7, 11) is 0. The van der Waals surface area contributed by atoms with Crippen LogP contribution in [0.3, 0.4) is 0 Å². The van der Waals surface area contributed by atoms with Crippen LogP contribution in [0, 0.1) is 10.1 Å². The Kier molecular flexibility index (Phi) is 4.27. The largest absolute Gasteiger partial charge is 0.490 e. The van der Waals surface area contributed by atoms with Gasteiger partial charge < -0.3 is 14.4 Å². The van der Waals surface area contributed by atoms with Crippen molar-refractivity contribution in [3.05, 3.63) is 88.2 Å². The molecular weight excluding hydrogens is 334 g/mol. The fraction of sp³-hybridized carbons (Fsp3) is 0.211. The average molecular weight is 351 g/mol. The van der Waals surface area contributed by atoms with Gasteiger partial charge in [-0.05, 0) is 17.7 Å². The first-order valence-corrected chi connectivity index (χ1v) is 8.31. The van der Waals surface area contributed by atoms with Crippen LogP contribution in [-0.4, -0.2) is 35.1 Å². The van der Waals surface area contributed by atoms with Gasteiger partial charge in [-0.25, -0.2) is 0 Å². The van der Waals surface area contributed by atoms with Crippen LogP contribution in [0.5, 0.6) is 5.75 Å². The summed E-state index contributed by atoms with van der Waals surface area (Å²) < 4.78 is 11.6. The molecule has 2 heterocycles. The molecule has 2 aromatic rings. The zero-order valence-corrected chi connectivity index (χ0v) is 13.9. The van der Waals surface area contributed by atoms with Crippen LogP contribution in [-0.2, 0) is 4.74 Å². The summed E-state index contributed by atoms with van der Waals surface area (Å²) >= 11 is 0. The topological polar surface area (TPSA) is 77.2 Å². The molecule has 0 unspecified atom stereocenters. The van der Waals surface area contributed by atoms with E-state index in [9.17, 15) is 10.1 Å². The molecule has 7 nitrogen and oxygen atoms in total. The predicted molar refractivity (Wildman–Crippen MR) is 95.2 cm³/mol. The molecule has 0 N–H and O–H groups in total. The Balaban J connectivity index is 1.53. The monoisotopic (exact) mass is 351 g/mol. The van der Waals surface area contributed by atoms with Crippen molar-refractivity contribution >= 4 is 6.02 Å². The summed E-state index contributed by atoms with van der Waals surface area (Å²) in [6.07, 6.45) is 1.03. The lowest BCUT2D eigenvalue weighted by molar-refractivity contribution is -0.433. The summed E-state index contributed by atoms with van der Waals surface area (Å²) in [6.45, 7) is 0.811. The second kappa shape index (κ2) is 6.87. The van der Waals surface area contributed by atoms with E-state index >= 15 is 0 Å². The Morgan fingerprint density at radius 2 is 1.85 bits per heavy atom. The maximum Gasteiger partial charge on any atom is 0.293 e. The van der Waals surface area contributed by atoms with Crippen LogP contribution in [0.15, 0.2) is 77.6 Å². The second-order valence-corrected chi connectivity index (χ2v) is 6.05. The van der Waals surface area contributed by atoms with Gasteiger partial charge in [0.05, 0.1) is 11.5 Å². The van der Waals surface area contributed by atoms with Gasteiger partial charge in [0.2, 0.25) is 0 Å². The molecule has 7 heteroatoms. The number of benzene rings is 2. The number of aliphatic imine (C=N–C) groups is 1. The van der Waals surface area contributed by atoms with Gasteiger partial charge in [0.1, 0.15) is 18.6 Å². The zero-order chi connectivity index (χ0) is 17.9. The van der Waals surface area contributed by atoms with Crippen LogP contribution >= 0.6 is 0 Å². The number of para-hydroxylation sites is 1. The van der Waals surface area contributed by atoms with Crippen LogP contribution in [0.1, 0.15) is 11.6 Å². The lowest BCUT2D eigenvalue weighted by Gasteiger charge is -2.27. The van der Waals surface area contributed by atoms with Crippen LogP contribution in [0.2, 0.25) is 0 Å². The summed E-state index contributed by atoms with van der Waals surface area (Å²) in [4.78, 5) is 17.1. The van der Waals surface area contributed by atoms with E-state index in [1.807, 2.05) is 65.6 Å². The van der Waals surface area contributed by atoms with Crippen molar-refractivity contribution in [3.63, 3.8) is 0 Å². The molecule has 1 fully saturated rings. The first-order valence-electron chi connectivity index (χ1n) is 8.31. The van der Waals surface area contributed by atoms with Crippen LogP contribution in [0.25, 0.3) is 0 Å². The standard InChI is InChI=1S/C19H17N3O4/c23-22(24)17-11-20-19-21(18(17)14-7-3-1-4-8-14)12-16(26-19)13-25-15-9-5-2-6-10-15/h1-11,16,18H,12-13H2/t16-,18+/m0/s1. The fourth-order valence-corrected chi connectivity index (χ4v) is 3.15. The molecule has 1 saturated heterocycles. The van der Waals surface area contributed by atoms with E-state index in [4.69, 9.17) is 9.47 Å². The summed E-state index contributed by atoms with van der Waals surface area (Å²) in [5.74, 6) is 0.756. The minimum atomic E-state index is -0.527. The van der Waals surface area contributed by atoms with Gasteiger partial charge >= 0.3 is 0 Å².